The number of ether oxygens (including phenoxy) is 1. The van der Waals surface area contributed by atoms with Gasteiger partial charge in [0, 0.05) is 38.8 Å². The minimum Gasteiger partial charge on any atom is -0.466 e. The summed E-state index contributed by atoms with van der Waals surface area (Å²) >= 11 is 0. The highest BCUT2D eigenvalue weighted by molar-refractivity contribution is 5.92. The van der Waals surface area contributed by atoms with Crippen LogP contribution in [0.15, 0.2) is 12.4 Å². The average molecular weight is 405 g/mol. The second-order valence-corrected chi connectivity index (χ2v) is 7.35. The third-order valence-corrected chi connectivity index (χ3v) is 5.13. The van der Waals surface area contributed by atoms with E-state index in [0.29, 0.717) is 51.3 Å². The molecule has 1 saturated heterocycles. The Bertz CT molecular complexity index is 684. The van der Waals surface area contributed by atoms with Crippen LogP contribution in [-0.2, 0) is 14.3 Å². The second-order valence-electron chi connectivity index (χ2n) is 7.35. The summed E-state index contributed by atoms with van der Waals surface area (Å²) in [6.07, 6.45) is 6.40. The lowest BCUT2D eigenvalue weighted by Gasteiger charge is -2.31. The van der Waals surface area contributed by atoms with Gasteiger partial charge in [0.15, 0.2) is 0 Å². The van der Waals surface area contributed by atoms with E-state index in [1.165, 1.54) is 6.20 Å². The summed E-state index contributed by atoms with van der Waals surface area (Å²) in [5.74, 6) is -0.478. The Kier molecular flexibility index (Phi) is 9.02. The SMILES string of the molecule is CCCCN(CCC(=O)N1CCC(C(=O)OCC)CC1)C(=O)c1cnc(C)cn1. The van der Waals surface area contributed by atoms with Gasteiger partial charge < -0.3 is 14.5 Å². The van der Waals surface area contributed by atoms with E-state index in [1.807, 2.05) is 6.92 Å². The number of nitrogens with zero attached hydrogens (tertiary/aromatic N) is 4. The van der Waals surface area contributed by atoms with Gasteiger partial charge in [0.05, 0.1) is 24.4 Å². The Hall–Kier alpha value is -2.51. The van der Waals surface area contributed by atoms with Gasteiger partial charge >= 0.3 is 5.97 Å². The fraction of sp³-hybridized carbons (Fsp3) is 0.667. The van der Waals surface area contributed by atoms with E-state index in [9.17, 15) is 14.4 Å². The summed E-state index contributed by atoms with van der Waals surface area (Å²) in [7, 11) is 0. The molecule has 2 rings (SSSR count). The molecule has 1 aromatic rings. The van der Waals surface area contributed by atoms with E-state index in [2.05, 4.69) is 16.9 Å². The van der Waals surface area contributed by atoms with Crippen LogP contribution >= 0.6 is 0 Å². The summed E-state index contributed by atoms with van der Waals surface area (Å²) in [5.41, 5.74) is 1.05. The molecule has 0 atom stereocenters. The number of amides is 2. The first-order chi connectivity index (χ1) is 14.0. The zero-order valence-electron chi connectivity index (χ0n) is 17.7. The Balaban J connectivity index is 1.88. The Labute approximate surface area is 172 Å². The molecule has 0 unspecified atom stereocenters. The summed E-state index contributed by atoms with van der Waals surface area (Å²) in [6, 6.07) is 0. The number of aromatic nitrogens is 2. The Morgan fingerprint density at radius 3 is 2.45 bits per heavy atom. The van der Waals surface area contributed by atoms with Gasteiger partial charge in [0.2, 0.25) is 5.91 Å². The summed E-state index contributed by atoms with van der Waals surface area (Å²) < 4.78 is 5.07. The fourth-order valence-corrected chi connectivity index (χ4v) is 3.34. The van der Waals surface area contributed by atoms with Crippen LogP contribution in [0.3, 0.4) is 0 Å². The van der Waals surface area contributed by atoms with Crippen molar-refractivity contribution in [3.63, 3.8) is 0 Å². The second kappa shape index (κ2) is 11.5. The van der Waals surface area contributed by atoms with Crippen LogP contribution in [0.4, 0.5) is 0 Å². The van der Waals surface area contributed by atoms with Crippen molar-refractivity contribution in [2.45, 2.75) is 52.9 Å². The van der Waals surface area contributed by atoms with Gasteiger partial charge in [-0.1, -0.05) is 13.3 Å². The van der Waals surface area contributed by atoms with Gasteiger partial charge in [-0.3, -0.25) is 19.4 Å². The van der Waals surface area contributed by atoms with Crippen LogP contribution in [-0.4, -0.2) is 70.3 Å². The van der Waals surface area contributed by atoms with Crippen molar-refractivity contribution < 1.29 is 19.1 Å². The molecule has 2 amide bonds. The molecule has 0 N–H and O–H groups in total. The highest BCUT2D eigenvalue weighted by atomic mass is 16.5. The van der Waals surface area contributed by atoms with Crippen molar-refractivity contribution >= 4 is 17.8 Å². The number of unbranched alkanes of at least 4 members (excludes halogenated alkanes) is 1. The maximum atomic E-state index is 12.8. The molecule has 0 bridgehead atoms. The molecule has 0 aromatic carbocycles. The number of hydrogen-bond donors (Lipinski definition) is 0. The molecule has 8 heteroatoms. The molecule has 1 fully saturated rings. The number of carbonyl (C=O) groups is 3. The minimum atomic E-state index is -0.195. The van der Waals surface area contributed by atoms with Crippen molar-refractivity contribution in [2.24, 2.45) is 5.92 Å². The lowest BCUT2D eigenvalue weighted by molar-refractivity contribution is -0.151. The molecule has 0 aliphatic carbocycles. The van der Waals surface area contributed by atoms with Crippen LogP contribution in [0, 0.1) is 12.8 Å². The average Bonchev–Trinajstić information content (AvgIpc) is 2.74. The highest BCUT2D eigenvalue weighted by Gasteiger charge is 2.28. The predicted molar refractivity (Wildman–Crippen MR) is 108 cm³/mol. The summed E-state index contributed by atoms with van der Waals surface area (Å²) in [6.45, 7) is 8.10. The molecular formula is C21H32N4O4. The Morgan fingerprint density at radius 1 is 1.14 bits per heavy atom. The van der Waals surface area contributed by atoms with Crippen molar-refractivity contribution in [1.82, 2.24) is 19.8 Å². The molecule has 1 aromatic heterocycles. The molecule has 0 spiro atoms. The van der Waals surface area contributed by atoms with E-state index < -0.39 is 0 Å². The van der Waals surface area contributed by atoms with Gasteiger partial charge in [-0.05, 0) is 33.1 Å². The van der Waals surface area contributed by atoms with E-state index in [4.69, 9.17) is 4.74 Å². The van der Waals surface area contributed by atoms with E-state index >= 15 is 0 Å². The van der Waals surface area contributed by atoms with Gasteiger partial charge in [-0.2, -0.15) is 0 Å². The van der Waals surface area contributed by atoms with Crippen LogP contribution in [0.1, 0.15) is 62.1 Å². The highest BCUT2D eigenvalue weighted by Crippen LogP contribution is 2.19. The minimum absolute atomic E-state index is 0.0107. The van der Waals surface area contributed by atoms with Crippen molar-refractivity contribution in [3.8, 4) is 0 Å². The van der Waals surface area contributed by atoms with Gasteiger partial charge in [0.1, 0.15) is 5.69 Å². The standard InChI is InChI=1S/C21H32N4O4/c1-4-6-10-25(20(27)18-15-22-16(3)14-23-18)13-9-19(26)24-11-7-17(8-12-24)21(28)29-5-2/h14-15,17H,4-13H2,1-3H3. The molecule has 29 heavy (non-hydrogen) atoms. The van der Waals surface area contributed by atoms with Gasteiger partial charge in [-0.25, -0.2) is 4.98 Å². The van der Waals surface area contributed by atoms with Crippen molar-refractivity contribution in [3.05, 3.63) is 23.8 Å². The number of hydrogen-bond acceptors (Lipinski definition) is 6. The molecular weight excluding hydrogens is 372 g/mol. The molecule has 8 nitrogen and oxygen atoms in total. The molecule has 0 saturated carbocycles. The smallest absolute Gasteiger partial charge is 0.309 e. The van der Waals surface area contributed by atoms with Gasteiger partial charge in [-0.15, -0.1) is 0 Å². The van der Waals surface area contributed by atoms with Crippen molar-refractivity contribution in [1.29, 1.82) is 0 Å². The van der Waals surface area contributed by atoms with Crippen molar-refractivity contribution in [2.75, 3.05) is 32.8 Å². The Morgan fingerprint density at radius 2 is 1.86 bits per heavy atom. The third-order valence-electron chi connectivity index (χ3n) is 5.13. The predicted octanol–water partition coefficient (Wildman–Crippen LogP) is 2.22. The molecule has 0 radical (unpaired) electrons. The summed E-state index contributed by atoms with van der Waals surface area (Å²) in [4.78, 5) is 49.0. The maximum absolute atomic E-state index is 12.8. The number of piperidine rings is 1. The normalized spacial score (nSPS) is 14.5. The lowest BCUT2D eigenvalue weighted by atomic mass is 9.97. The molecule has 1 aliphatic heterocycles. The number of likely N-dealkylation sites (tertiary alicyclic amines) is 1. The molecule has 160 valence electrons. The first kappa shape index (κ1) is 22.8. The third kappa shape index (κ3) is 6.80. The number of rotatable bonds is 9. The fourth-order valence-electron chi connectivity index (χ4n) is 3.34. The largest absolute Gasteiger partial charge is 0.466 e. The number of esters is 1. The van der Waals surface area contributed by atoms with Crippen LogP contribution in [0.2, 0.25) is 0 Å². The topological polar surface area (TPSA) is 92.7 Å². The molecule has 1 aliphatic rings. The first-order valence-corrected chi connectivity index (χ1v) is 10.5. The van der Waals surface area contributed by atoms with E-state index in [0.717, 1.165) is 18.5 Å². The molecule has 2 heterocycles. The van der Waals surface area contributed by atoms with Crippen LogP contribution in [0.5, 0.6) is 0 Å². The lowest BCUT2D eigenvalue weighted by Crippen LogP contribution is -2.42. The summed E-state index contributed by atoms with van der Waals surface area (Å²) in [5, 5.41) is 0. The van der Waals surface area contributed by atoms with Crippen LogP contribution in [0.25, 0.3) is 0 Å². The number of carbonyl (C=O) groups excluding carboxylic acids is 3. The zero-order chi connectivity index (χ0) is 21.2. The first-order valence-electron chi connectivity index (χ1n) is 10.5. The zero-order valence-corrected chi connectivity index (χ0v) is 17.7. The van der Waals surface area contributed by atoms with E-state index in [1.54, 1.807) is 22.9 Å². The maximum Gasteiger partial charge on any atom is 0.309 e. The van der Waals surface area contributed by atoms with Gasteiger partial charge in [0.25, 0.3) is 5.91 Å². The van der Waals surface area contributed by atoms with E-state index in [-0.39, 0.29) is 30.1 Å². The monoisotopic (exact) mass is 404 g/mol. The van der Waals surface area contributed by atoms with Crippen LogP contribution < -0.4 is 0 Å². The number of aryl methyl sites for hydroxylation is 1. The quantitative estimate of drug-likeness (QED) is 0.586.